The smallest absolute Gasteiger partial charge is 0.242 e. The zero-order valence-electron chi connectivity index (χ0n) is 8.97. The second kappa shape index (κ2) is 4.18. The molecule has 5 heteroatoms. The number of hydrogen-bond donors (Lipinski definition) is 2. The van der Waals surface area contributed by atoms with Gasteiger partial charge in [0.1, 0.15) is 11.4 Å². The van der Waals surface area contributed by atoms with E-state index in [0.717, 1.165) is 10.0 Å². The van der Waals surface area contributed by atoms with E-state index in [2.05, 4.69) is 26.2 Å². The van der Waals surface area contributed by atoms with Gasteiger partial charge in [-0.2, -0.15) is 0 Å². The molecule has 0 saturated heterocycles. The molecule has 0 fully saturated rings. The molecule has 3 N–H and O–H groups in total. The SMILES string of the molecule is Cc1cc(NC(C)(C)C(N)=O)ncc1Br. The molecule has 0 spiro atoms. The summed E-state index contributed by atoms with van der Waals surface area (Å²) in [5, 5.41) is 2.98. The monoisotopic (exact) mass is 271 g/mol. The Bertz CT molecular complexity index is 390. The highest BCUT2D eigenvalue weighted by Crippen LogP contribution is 2.19. The summed E-state index contributed by atoms with van der Waals surface area (Å²) in [5.41, 5.74) is 5.50. The van der Waals surface area contributed by atoms with Crippen molar-refractivity contribution in [1.29, 1.82) is 0 Å². The molecule has 1 amide bonds. The van der Waals surface area contributed by atoms with Crippen LogP contribution in [-0.4, -0.2) is 16.4 Å². The summed E-state index contributed by atoms with van der Waals surface area (Å²) in [6.07, 6.45) is 1.69. The van der Waals surface area contributed by atoms with Gasteiger partial charge in [-0.1, -0.05) is 0 Å². The highest BCUT2D eigenvalue weighted by atomic mass is 79.9. The van der Waals surface area contributed by atoms with Crippen LogP contribution in [0, 0.1) is 6.92 Å². The molecule has 1 aromatic heterocycles. The number of rotatable bonds is 3. The molecule has 82 valence electrons. The van der Waals surface area contributed by atoms with E-state index in [1.807, 2.05) is 13.0 Å². The van der Waals surface area contributed by atoms with Crippen molar-refractivity contribution >= 4 is 27.7 Å². The fourth-order valence-corrected chi connectivity index (χ4v) is 1.21. The Morgan fingerprint density at radius 3 is 2.67 bits per heavy atom. The fourth-order valence-electron chi connectivity index (χ4n) is 0.989. The standard InChI is InChI=1S/C10H14BrN3O/c1-6-4-8(13-5-7(6)11)14-10(2,3)9(12)15/h4-5H,1-3H3,(H2,12,15)(H,13,14). The molecule has 0 aliphatic rings. The topological polar surface area (TPSA) is 68.0 Å². The minimum atomic E-state index is -0.798. The van der Waals surface area contributed by atoms with E-state index >= 15 is 0 Å². The summed E-state index contributed by atoms with van der Waals surface area (Å²) in [7, 11) is 0. The number of primary amides is 1. The Labute approximate surface area is 97.4 Å². The lowest BCUT2D eigenvalue weighted by Gasteiger charge is -2.23. The second-order valence-corrected chi connectivity index (χ2v) is 4.79. The maximum Gasteiger partial charge on any atom is 0.242 e. The first-order valence-electron chi connectivity index (χ1n) is 4.53. The number of carbonyl (C=O) groups excluding carboxylic acids is 1. The minimum Gasteiger partial charge on any atom is -0.368 e. The highest BCUT2D eigenvalue weighted by molar-refractivity contribution is 9.10. The molecule has 0 aliphatic heterocycles. The predicted octanol–water partition coefficient (Wildman–Crippen LogP) is 1.83. The first-order valence-corrected chi connectivity index (χ1v) is 5.32. The summed E-state index contributed by atoms with van der Waals surface area (Å²) >= 11 is 3.36. The Morgan fingerprint density at radius 1 is 1.60 bits per heavy atom. The highest BCUT2D eigenvalue weighted by Gasteiger charge is 2.24. The van der Waals surface area contributed by atoms with Gasteiger partial charge < -0.3 is 11.1 Å². The third kappa shape index (κ3) is 2.92. The number of amides is 1. The number of carbonyl (C=O) groups is 1. The number of nitrogens with one attached hydrogen (secondary N) is 1. The molecule has 1 heterocycles. The summed E-state index contributed by atoms with van der Waals surface area (Å²) < 4.78 is 0.935. The zero-order chi connectivity index (χ0) is 11.6. The lowest BCUT2D eigenvalue weighted by Crippen LogP contribution is -2.45. The summed E-state index contributed by atoms with van der Waals surface area (Å²) in [5.74, 6) is 0.226. The van der Waals surface area contributed by atoms with Gasteiger partial charge in [0.2, 0.25) is 5.91 Å². The van der Waals surface area contributed by atoms with Crippen LogP contribution in [0.15, 0.2) is 16.7 Å². The first-order chi connectivity index (χ1) is 6.83. The zero-order valence-corrected chi connectivity index (χ0v) is 10.6. The van der Waals surface area contributed by atoms with Crippen LogP contribution >= 0.6 is 15.9 Å². The molecule has 0 unspecified atom stereocenters. The lowest BCUT2D eigenvalue weighted by atomic mass is 10.1. The van der Waals surface area contributed by atoms with Crippen LogP contribution in [0.5, 0.6) is 0 Å². The van der Waals surface area contributed by atoms with Crippen LogP contribution in [0.3, 0.4) is 0 Å². The summed E-state index contributed by atoms with van der Waals surface area (Å²) in [4.78, 5) is 15.2. The molecule has 15 heavy (non-hydrogen) atoms. The second-order valence-electron chi connectivity index (χ2n) is 3.93. The Morgan fingerprint density at radius 2 is 2.20 bits per heavy atom. The average molecular weight is 272 g/mol. The van der Waals surface area contributed by atoms with Gasteiger partial charge in [0.15, 0.2) is 0 Å². The number of nitrogens with zero attached hydrogens (tertiary/aromatic N) is 1. The van der Waals surface area contributed by atoms with Crippen molar-refractivity contribution in [3.8, 4) is 0 Å². The van der Waals surface area contributed by atoms with Crippen LogP contribution in [0.4, 0.5) is 5.82 Å². The van der Waals surface area contributed by atoms with E-state index in [1.54, 1.807) is 20.0 Å². The van der Waals surface area contributed by atoms with Crippen molar-refractivity contribution in [2.24, 2.45) is 5.73 Å². The van der Waals surface area contributed by atoms with E-state index in [-0.39, 0.29) is 0 Å². The van der Waals surface area contributed by atoms with Crippen molar-refractivity contribution in [1.82, 2.24) is 4.98 Å². The fraction of sp³-hybridized carbons (Fsp3) is 0.400. The molecule has 4 nitrogen and oxygen atoms in total. The van der Waals surface area contributed by atoms with Crippen molar-refractivity contribution < 1.29 is 4.79 Å². The number of aromatic nitrogens is 1. The maximum atomic E-state index is 11.1. The van der Waals surface area contributed by atoms with Gasteiger partial charge in [-0.3, -0.25) is 4.79 Å². The molecule has 0 radical (unpaired) electrons. The van der Waals surface area contributed by atoms with Crippen LogP contribution in [0.25, 0.3) is 0 Å². The van der Waals surface area contributed by atoms with Gasteiger partial charge in [-0.25, -0.2) is 4.98 Å². The van der Waals surface area contributed by atoms with Gasteiger partial charge in [0.25, 0.3) is 0 Å². The van der Waals surface area contributed by atoms with Crippen molar-refractivity contribution in [2.45, 2.75) is 26.3 Å². The molecule has 0 bridgehead atoms. The summed E-state index contributed by atoms with van der Waals surface area (Å²) in [6, 6.07) is 1.86. The molecule has 0 aliphatic carbocycles. The molecule has 0 aromatic carbocycles. The lowest BCUT2D eigenvalue weighted by molar-refractivity contribution is -0.121. The van der Waals surface area contributed by atoms with E-state index in [4.69, 9.17) is 5.73 Å². The van der Waals surface area contributed by atoms with Gasteiger partial charge in [-0.05, 0) is 48.3 Å². The van der Waals surface area contributed by atoms with Gasteiger partial charge in [0.05, 0.1) is 0 Å². The van der Waals surface area contributed by atoms with Crippen molar-refractivity contribution in [3.63, 3.8) is 0 Å². The average Bonchev–Trinajstić information content (AvgIpc) is 2.10. The van der Waals surface area contributed by atoms with E-state index in [1.165, 1.54) is 0 Å². The van der Waals surface area contributed by atoms with Gasteiger partial charge in [0, 0.05) is 10.7 Å². The number of pyridine rings is 1. The Kier molecular flexibility index (Phi) is 3.34. The number of halogens is 1. The quantitative estimate of drug-likeness (QED) is 0.882. The molecule has 0 saturated carbocycles. The largest absolute Gasteiger partial charge is 0.368 e. The molecular formula is C10H14BrN3O. The van der Waals surface area contributed by atoms with Crippen LogP contribution in [0.2, 0.25) is 0 Å². The number of aryl methyl sites for hydroxylation is 1. The van der Waals surface area contributed by atoms with Crippen LogP contribution in [0.1, 0.15) is 19.4 Å². The maximum absolute atomic E-state index is 11.1. The van der Waals surface area contributed by atoms with Crippen molar-refractivity contribution in [2.75, 3.05) is 5.32 Å². The number of hydrogen-bond acceptors (Lipinski definition) is 3. The first kappa shape index (κ1) is 12.0. The molecule has 1 rings (SSSR count). The van der Waals surface area contributed by atoms with E-state index in [9.17, 15) is 4.79 Å². The third-order valence-electron chi connectivity index (χ3n) is 2.10. The Balaban J connectivity index is 2.91. The van der Waals surface area contributed by atoms with Gasteiger partial charge in [-0.15, -0.1) is 0 Å². The van der Waals surface area contributed by atoms with E-state index < -0.39 is 11.4 Å². The normalized spacial score (nSPS) is 11.2. The van der Waals surface area contributed by atoms with Crippen molar-refractivity contribution in [3.05, 3.63) is 22.3 Å². The van der Waals surface area contributed by atoms with Crippen LogP contribution in [-0.2, 0) is 4.79 Å². The number of nitrogens with two attached hydrogens (primary N) is 1. The van der Waals surface area contributed by atoms with E-state index in [0.29, 0.717) is 5.82 Å². The Hall–Kier alpha value is -1.10. The minimum absolute atomic E-state index is 0.412. The van der Waals surface area contributed by atoms with Crippen LogP contribution < -0.4 is 11.1 Å². The molecular weight excluding hydrogens is 258 g/mol. The molecule has 1 aromatic rings. The number of anilines is 1. The molecule has 0 atom stereocenters. The predicted molar refractivity (Wildman–Crippen MR) is 63.6 cm³/mol. The summed E-state index contributed by atoms with van der Waals surface area (Å²) in [6.45, 7) is 5.39. The van der Waals surface area contributed by atoms with Gasteiger partial charge >= 0.3 is 0 Å². The third-order valence-corrected chi connectivity index (χ3v) is 2.93.